The Hall–Kier alpha value is -2.42. The van der Waals surface area contributed by atoms with Crippen molar-refractivity contribution in [2.24, 2.45) is 0 Å². The van der Waals surface area contributed by atoms with Crippen LogP contribution in [0.25, 0.3) is 0 Å². The van der Waals surface area contributed by atoms with Crippen LogP contribution in [0.3, 0.4) is 0 Å². The molecule has 0 heterocycles. The van der Waals surface area contributed by atoms with Crippen molar-refractivity contribution < 1.29 is 19.1 Å². The zero-order valence-corrected chi connectivity index (χ0v) is 8.03. The third kappa shape index (κ3) is 2.54. The summed E-state index contributed by atoms with van der Waals surface area (Å²) in [6, 6.07) is 5.09. The highest BCUT2D eigenvalue weighted by Crippen LogP contribution is 2.18. The van der Waals surface area contributed by atoms with E-state index in [2.05, 4.69) is 5.32 Å². The molecule has 1 aromatic carbocycles. The molecule has 0 spiro atoms. The second-order valence-electron chi connectivity index (χ2n) is 2.85. The van der Waals surface area contributed by atoms with Gasteiger partial charge in [0.05, 0.1) is 11.8 Å². The number of anilines is 1. The first-order valence-electron chi connectivity index (χ1n) is 4.25. The van der Waals surface area contributed by atoms with Crippen molar-refractivity contribution in [1.29, 1.82) is 5.26 Å². The number of hydrogen-bond acceptors (Lipinski definition) is 3. The molecule has 0 saturated heterocycles. The number of aromatic carboxylic acids is 1. The van der Waals surface area contributed by atoms with Crippen molar-refractivity contribution in [2.75, 3.05) is 5.32 Å². The molecule has 16 heavy (non-hydrogen) atoms. The molecule has 82 valence electrons. The molecular weight excluding hydrogens is 215 g/mol. The second-order valence-corrected chi connectivity index (χ2v) is 2.85. The topological polar surface area (TPSA) is 90.2 Å². The number of nitrogens with zero attached hydrogens (tertiary/aromatic N) is 1. The Bertz CT molecular complexity index is 479. The van der Waals surface area contributed by atoms with Crippen LogP contribution in [0.1, 0.15) is 16.8 Å². The average Bonchev–Trinajstić information content (AvgIpc) is 2.17. The summed E-state index contributed by atoms with van der Waals surface area (Å²) in [5.74, 6) is -3.11. The summed E-state index contributed by atoms with van der Waals surface area (Å²) in [6.07, 6.45) is -0.421. The van der Waals surface area contributed by atoms with E-state index in [0.29, 0.717) is 0 Å². The Kier molecular flexibility index (Phi) is 3.56. The van der Waals surface area contributed by atoms with Crippen LogP contribution in [0.5, 0.6) is 0 Å². The van der Waals surface area contributed by atoms with E-state index >= 15 is 0 Å². The zero-order valence-electron chi connectivity index (χ0n) is 8.03. The van der Waals surface area contributed by atoms with Crippen molar-refractivity contribution in [3.05, 3.63) is 29.6 Å². The summed E-state index contributed by atoms with van der Waals surface area (Å²) >= 11 is 0. The third-order valence-electron chi connectivity index (χ3n) is 1.74. The lowest BCUT2D eigenvalue weighted by atomic mass is 10.1. The van der Waals surface area contributed by atoms with Gasteiger partial charge in [-0.15, -0.1) is 0 Å². The van der Waals surface area contributed by atoms with Crippen molar-refractivity contribution in [3.63, 3.8) is 0 Å². The molecule has 0 radical (unpaired) electrons. The van der Waals surface area contributed by atoms with E-state index in [1.165, 1.54) is 12.1 Å². The summed E-state index contributed by atoms with van der Waals surface area (Å²) in [5.41, 5.74) is -0.776. The van der Waals surface area contributed by atoms with Crippen LogP contribution in [-0.4, -0.2) is 17.0 Å². The lowest BCUT2D eigenvalue weighted by molar-refractivity contribution is -0.115. The molecule has 0 aromatic heterocycles. The molecule has 1 rings (SSSR count). The number of carboxylic acid groups (broad SMARTS) is 1. The predicted octanol–water partition coefficient (Wildman–Crippen LogP) is 1.38. The van der Waals surface area contributed by atoms with Gasteiger partial charge in [-0.1, -0.05) is 6.07 Å². The lowest BCUT2D eigenvalue weighted by Crippen LogP contribution is -2.14. The number of halogens is 1. The zero-order chi connectivity index (χ0) is 12.1. The van der Waals surface area contributed by atoms with E-state index in [-0.39, 0.29) is 5.69 Å². The van der Waals surface area contributed by atoms with Gasteiger partial charge in [0.25, 0.3) is 0 Å². The molecular formula is C10H7FN2O3. The Morgan fingerprint density at radius 3 is 2.75 bits per heavy atom. The largest absolute Gasteiger partial charge is 0.478 e. The fourth-order valence-corrected chi connectivity index (χ4v) is 1.11. The molecule has 0 aliphatic carbocycles. The summed E-state index contributed by atoms with van der Waals surface area (Å²) in [5, 5.41) is 19.1. The minimum atomic E-state index is -1.48. The number of benzene rings is 1. The number of nitrogens with one attached hydrogen (secondary N) is 1. The molecule has 0 bridgehead atoms. The maximum Gasteiger partial charge on any atom is 0.340 e. The van der Waals surface area contributed by atoms with Crippen LogP contribution >= 0.6 is 0 Å². The van der Waals surface area contributed by atoms with Gasteiger partial charge in [0, 0.05) is 0 Å². The minimum absolute atomic E-state index is 0.159. The Balaban J connectivity index is 3.05. The van der Waals surface area contributed by atoms with E-state index in [9.17, 15) is 14.0 Å². The lowest BCUT2D eigenvalue weighted by Gasteiger charge is -2.07. The number of hydrogen-bond donors (Lipinski definition) is 2. The fourth-order valence-electron chi connectivity index (χ4n) is 1.11. The van der Waals surface area contributed by atoms with Crippen molar-refractivity contribution in [1.82, 2.24) is 0 Å². The molecule has 0 aliphatic rings. The maximum atomic E-state index is 13.1. The molecule has 1 amide bonds. The number of amides is 1. The Labute approximate surface area is 90.1 Å². The smallest absolute Gasteiger partial charge is 0.340 e. The molecule has 1 aromatic rings. The number of carbonyl (C=O) groups excluding carboxylic acids is 1. The fraction of sp³-hybridized carbons (Fsp3) is 0.100. The molecule has 0 fully saturated rings. The van der Waals surface area contributed by atoms with Gasteiger partial charge in [0.1, 0.15) is 17.8 Å². The Morgan fingerprint density at radius 2 is 2.19 bits per heavy atom. The maximum absolute atomic E-state index is 13.1. The highest BCUT2D eigenvalue weighted by molar-refractivity contribution is 6.01. The van der Waals surface area contributed by atoms with E-state index in [1.54, 1.807) is 6.07 Å². The SMILES string of the molecule is N#CCC(=O)Nc1cccc(F)c1C(=O)O. The predicted molar refractivity (Wildman–Crippen MR) is 52.2 cm³/mol. The normalized spacial score (nSPS) is 9.25. The van der Waals surface area contributed by atoms with Gasteiger partial charge in [-0.3, -0.25) is 4.79 Å². The van der Waals surface area contributed by atoms with Crippen LogP contribution in [0.4, 0.5) is 10.1 Å². The standard InChI is InChI=1S/C10H7FN2O3/c11-6-2-1-3-7(9(6)10(15)16)13-8(14)4-5-12/h1-3H,4H2,(H,13,14)(H,15,16). The summed E-state index contributed by atoms with van der Waals surface area (Å²) in [7, 11) is 0. The van der Waals surface area contributed by atoms with Crippen LogP contribution in [0.15, 0.2) is 18.2 Å². The van der Waals surface area contributed by atoms with E-state index in [0.717, 1.165) is 6.07 Å². The number of carbonyl (C=O) groups is 2. The van der Waals surface area contributed by atoms with E-state index < -0.39 is 29.7 Å². The first kappa shape index (κ1) is 11.7. The van der Waals surface area contributed by atoms with Gasteiger partial charge in [-0.2, -0.15) is 5.26 Å². The number of rotatable bonds is 3. The quantitative estimate of drug-likeness (QED) is 0.808. The molecule has 0 aliphatic heterocycles. The van der Waals surface area contributed by atoms with Gasteiger partial charge in [-0.05, 0) is 12.1 Å². The Morgan fingerprint density at radius 1 is 1.50 bits per heavy atom. The van der Waals surface area contributed by atoms with Gasteiger partial charge >= 0.3 is 5.97 Å². The van der Waals surface area contributed by atoms with Gasteiger partial charge in [0.2, 0.25) is 5.91 Å². The second kappa shape index (κ2) is 4.89. The molecule has 0 saturated carbocycles. The summed E-state index contributed by atoms with van der Waals surface area (Å²) < 4.78 is 13.1. The monoisotopic (exact) mass is 222 g/mol. The minimum Gasteiger partial charge on any atom is -0.478 e. The summed E-state index contributed by atoms with van der Waals surface area (Å²) in [6.45, 7) is 0. The van der Waals surface area contributed by atoms with Gasteiger partial charge < -0.3 is 10.4 Å². The van der Waals surface area contributed by atoms with E-state index in [4.69, 9.17) is 10.4 Å². The highest BCUT2D eigenvalue weighted by Gasteiger charge is 2.16. The molecule has 5 nitrogen and oxygen atoms in total. The van der Waals surface area contributed by atoms with Gasteiger partial charge in [0.15, 0.2) is 0 Å². The van der Waals surface area contributed by atoms with Crippen molar-refractivity contribution >= 4 is 17.6 Å². The van der Waals surface area contributed by atoms with Crippen LogP contribution in [0.2, 0.25) is 0 Å². The molecule has 2 N–H and O–H groups in total. The van der Waals surface area contributed by atoms with Crippen molar-refractivity contribution in [2.45, 2.75) is 6.42 Å². The van der Waals surface area contributed by atoms with Crippen LogP contribution in [-0.2, 0) is 4.79 Å². The van der Waals surface area contributed by atoms with Gasteiger partial charge in [-0.25, -0.2) is 9.18 Å². The molecule has 6 heteroatoms. The highest BCUT2D eigenvalue weighted by atomic mass is 19.1. The summed E-state index contributed by atoms with van der Waals surface area (Å²) in [4.78, 5) is 21.8. The first-order valence-corrected chi connectivity index (χ1v) is 4.25. The van der Waals surface area contributed by atoms with Crippen LogP contribution in [0, 0.1) is 17.1 Å². The number of carboxylic acids is 1. The average molecular weight is 222 g/mol. The van der Waals surface area contributed by atoms with Crippen LogP contribution < -0.4 is 5.32 Å². The van der Waals surface area contributed by atoms with Crippen molar-refractivity contribution in [3.8, 4) is 6.07 Å². The third-order valence-corrected chi connectivity index (χ3v) is 1.74. The first-order chi connectivity index (χ1) is 7.56. The molecule has 0 atom stereocenters. The number of nitriles is 1. The molecule has 0 unspecified atom stereocenters. The van der Waals surface area contributed by atoms with E-state index in [1.807, 2.05) is 0 Å².